The third-order valence-electron chi connectivity index (χ3n) is 3.11. The molecule has 0 N–H and O–H groups in total. The number of rotatable bonds is 2. The van der Waals surface area contributed by atoms with Crippen LogP contribution in [0.4, 0.5) is 0 Å². The lowest BCUT2D eigenvalue weighted by molar-refractivity contribution is 0.871. The topological polar surface area (TPSA) is 28.7 Å². The molecule has 88 valence electrons. The minimum Gasteiger partial charge on any atom is -0.349 e. The smallest absolute Gasteiger partial charge is 0.103 e. The van der Waals surface area contributed by atoms with Crippen molar-refractivity contribution in [3.05, 3.63) is 29.5 Å². The van der Waals surface area contributed by atoms with E-state index in [4.69, 9.17) is 0 Å². The molecule has 2 rings (SSSR count). The second kappa shape index (κ2) is 4.46. The van der Waals surface area contributed by atoms with Gasteiger partial charge in [0.2, 0.25) is 0 Å². The Balaban J connectivity index is 2.93. The van der Waals surface area contributed by atoms with E-state index in [-0.39, 0.29) is 0 Å². The highest BCUT2D eigenvalue weighted by atomic mass is 32.2. The van der Waals surface area contributed by atoms with Crippen LogP contribution in [0.3, 0.4) is 0 Å². The Labute approximate surface area is 106 Å². The standard InChI is InChI=1S/C14H16N2S/c1-9(2)11-7-13(17-4)12(8-15)14-10(11)5-6-16(14)3/h5-7,9H,1-4H3. The summed E-state index contributed by atoms with van der Waals surface area (Å²) in [5, 5.41) is 10.5. The van der Waals surface area contributed by atoms with E-state index in [0.717, 1.165) is 16.0 Å². The van der Waals surface area contributed by atoms with Crippen molar-refractivity contribution < 1.29 is 0 Å². The fourth-order valence-electron chi connectivity index (χ4n) is 2.23. The maximum atomic E-state index is 9.34. The molecular formula is C14H16N2S. The SMILES string of the molecule is CSc1cc(C(C)C)c2ccn(C)c2c1C#N. The van der Waals surface area contributed by atoms with Gasteiger partial charge in [-0.05, 0) is 29.9 Å². The summed E-state index contributed by atoms with van der Waals surface area (Å²) in [7, 11) is 2.00. The predicted octanol–water partition coefficient (Wildman–Crippen LogP) is 3.90. The summed E-state index contributed by atoms with van der Waals surface area (Å²) in [6.45, 7) is 4.38. The lowest BCUT2D eigenvalue weighted by Gasteiger charge is -2.12. The molecule has 1 aromatic heterocycles. The van der Waals surface area contributed by atoms with Gasteiger partial charge < -0.3 is 4.57 Å². The minimum absolute atomic E-state index is 0.471. The van der Waals surface area contributed by atoms with Gasteiger partial charge in [-0.3, -0.25) is 0 Å². The third-order valence-corrected chi connectivity index (χ3v) is 3.87. The minimum atomic E-state index is 0.471. The molecule has 2 aromatic rings. The van der Waals surface area contributed by atoms with Crippen molar-refractivity contribution in [2.75, 3.05) is 6.26 Å². The van der Waals surface area contributed by atoms with Gasteiger partial charge in [0.15, 0.2) is 0 Å². The van der Waals surface area contributed by atoms with E-state index < -0.39 is 0 Å². The van der Waals surface area contributed by atoms with E-state index in [9.17, 15) is 5.26 Å². The van der Waals surface area contributed by atoms with Crippen molar-refractivity contribution in [3.63, 3.8) is 0 Å². The molecule has 2 nitrogen and oxygen atoms in total. The van der Waals surface area contributed by atoms with Gasteiger partial charge in [-0.1, -0.05) is 13.8 Å². The fourth-order valence-corrected chi connectivity index (χ4v) is 2.82. The Kier molecular flexibility index (Phi) is 3.17. The molecule has 0 aliphatic heterocycles. The Morgan fingerprint density at radius 1 is 1.41 bits per heavy atom. The van der Waals surface area contributed by atoms with Crippen LogP contribution < -0.4 is 0 Å². The predicted molar refractivity (Wildman–Crippen MR) is 73.5 cm³/mol. The summed E-state index contributed by atoms with van der Waals surface area (Å²) < 4.78 is 2.04. The molecule has 0 amide bonds. The second-order valence-electron chi connectivity index (χ2n) is 4.50. The molecule has 0 spiro atoms. The average molecular weight is 244 g/mol. The summed E-state index contributed by atoms with van der Waals surface area (Å²) in [6.07, 6.45) is 4.05. The molecule has 0 aliphatic rings. The number of aromatic nitrogens is 1. The van der Waals surface area contributed by atoms with E-state index in [2.05, 4.69) is 32.0 Å². The molecule has 1 aromatic carbocycles. The van der Waals surface area contributed by atoms with E-state index >= 15 is 0 Å². The maximum Gasteiger partial charge on any atom is 0.103 e. The first kappa shape index (κ1) is 12.1. The maximum absolute atomic E-state index is 9.34. The molecule has 1 heterocycles. The molecule has 0 saturated carbocycles. The van der Waals surface area contributed by atoms with Crippen molar-refractivity contribution in [1.29, 1.82) is 5.26 Å². The number of benzene rings is 1. The van der Waals surface area contributed by atoms with Crippen LogP contribution in [-0.4, -0.2) is 10.8 Å². The molecule has 0 aliphatic carbocycles. The summed E-state index contributed by atoms with van der Waals surface area (Å²) in [4.78, 5) is 1.07. The van der Waals surface area contributed by atoms with Crippen LogP contribution in [0.15, 0.2) is 23.2 Å². The number of nitriles is 1. The van der Waals surface area contributed by atoms with Crippen molar-refractivity contribution in [2.24, 2.45) is 7.05 Å². The van der Waals surface area contributed by atoms with Gasteiger partial charge in [-0.15, -0.1) is 11.8 Å². The van der Waals surface area contributed by atoms with Gasteiger partial charge in [0.25, 0.3) is 0 Å². The Morgan fingerprint density at radius 3 is 2.65 bits per heavy atom. The molecule has 0 saturated heterocycles. The van der Waals surface area contributed by atoms with Gasteiger partial charge in [0.05, 0.1) is 11.1 Å². The van der Waals surface area contributed by atoms with Crippen LogP contribution in [0, 0.1) is 11.3 Å². The monoisotopic (exact) mass is 244 g/mol. The van der Waals surface area contributed by atoms with Gasteiger partial charge in [0.1, 0.15) is 6.07 Å². The number of hydrogen-bond acceptors (Lipinski definition) is 2. The summed E-state index contributed by atoms with van der Waals surface area (Å²) >= 11 is 1.64. The fraction of sp³-hybridized carbons (Fsp3) is 0.357. The number of thioether (sulfide) groups is 1. The first-order chi connectivity index (χ1) is 8.10. The Bertz CT molecular complexity index is 603. The summed E-state index contributed by atoms with van der Waals surface area (Å²) in [5.74, 6) is 0.471. The van der Waals surface area contributed by atoms with Crippen LogP contribution >= 0.6 is 11.8 Å². The van der Waals surface area contributed by atoms with Crippen molar-refractivity contribution in [2.45, 2.75) is 24.7 Å². The van der Waals surface area contributed by atoms with Crippen LogP contribution in [0.1, 0.15) is 30.9 Å². The van der Waals surface area contributed by atoms with Gasteiger partial charge in [-0.2, -0.15) is 5.26 Å². The number of hydrogen-bond donors (Lipinski definition) is 0. The van der Waals surface area contributed by atoms with E-state index in [1.54, 1.807) is 11.8 Å². The van der Waals surface area contributed by atoms with Crippen LogP contribution in [-0.2, 0) is 7.05 Å². The normalized spacial score (nSPS) is 11.1. The first-order valence-electron chi connectivity index (χ1n) is 5.66. The van der Waals surface area contributed by atoms with E-state index in [1.165, 1.54) is 10.9 Å². The molecule has 3 heteroatoms. The molecule has 0 unspecified atom stereocenters. The van der Waals surface area contributed by atoms with Crippen molar-refractivity contribution >= 4 is 22.7 Å². The average Bonchev–Trinajstić information content (AvgIpc) is 2.69. The zero-order chi connectivity index (χ0) is 12.6. The first-order valence-corrected chi connectivity index (χ1v) is 6.88. The lowest BCUT2D eigenvalue weighted by atomic mass is 9.97. The highest BCUT2D eigenvalue weighted by Gasteiger charge is 2.15. The number of fused-ring (bicyclic) bond motifs is 1. The quantitative estimate of drug-likeness (QED) is 0.750. The Hall–Kier alpha value is -1.40. The summed E-state index contributed by atoms with van der Waals surface area (Å²) in [5.41, 5.74) is 3.18. The van der Waals surface area contributed by atoms with E-state index in [1.807, 2.05) is 24.1 Å². The van der Waals surface area contributed by atoms with Crippen LogP contribution in [0.5, 0.6) is 0 Å². The highest BCUT2D eigenvalue weighted by Crippen LogP contribution is 2.34. The second-order valence-corrected chi connectivity index (χ2v) is 5.35. The molecule has 0 bridgehead atoms. The molecule has 17 heavy (non-hydrogen) atoms. The Morgan fingerprint density at radius 2 is 2.12 bits per heavy atom. The molecule has 0 fully saturated rings. The zero-order valence-corrected chi connectivity index (χ0v) is 11.4. The van der Waals surface area contributed by atoms with Crippen LogP contribution in [0.2, 0.25) is 0 Å². The molecule has 0 atom stereocenters. The van der Waals surface area contributed by atoms with E-state index in [0.29, 0.717) is 5.92 Å². The number of aryl methyl sites for hydroxylation is 1. The largest absolute Gasteiger partial charge is 0.349 e. The van der Waals surface area contributed by atoms with Gasteiger partial charge in [-0.25, -0.2) is 0 Å². The zero-order valence-electron chi connectivity index (χ0n) is 10.6. The third kappa shape index (κ3) is 1.83. The number of nitrogens with zero attached hydrogens (tertiary/aromatic N) is 2. The lowest BCUT2D eigenvalue weighted by Crippen LogP contribution is -1.96. The van der Waals surface area contributed by atoms with Gasteiger partial charge in [0, 0.05) is 23.5 Å². The molecular weight excluding hydrogens is 228 g/mol. The van der Waals surface area contributed by atoms with Crippen LogP contribution in [0.25, 0.3) is 10.9 Å². The summed E-state index contributed by atoms with van der Waals surface area (Å²) in [6, 6.07) is 6.61. The van der Waals surface area contributed by atoms with Crippen molar-refractivity contribution in [3.8, 4) is 6.07 Å². The van der Waals surface area contributed by atoms with Gasteiger partial charge >= 0.3 is 0 Å². The van der Waals surface area contributed by atoms with Crippen molar-refractivity contribution in [1.82, 2.24) is 4.57 Å². The highest BCUT2D eigenvalue weighted by molar-refractivity contribution is 7.98. The molecule has 0 radical (unpaired) electrons.